The van der Waals surface area contributed by atoms with Crippen LogP contribution >= 0.6 is 0 Å². The minimum absolute atomic E-state index is 0.170. The molecule has 3 nitrogen and oxygen atoms in total. The van der Waals surface area contributed by atoms with Gasteiger partial charge in [-0.25, -0.2) is 4.39 Å². The van der Waals surface area contributed by atoms with E-state index in [0.717, 1.165) is 32.5 Å². The smallest absolute Gasteiger partial charge is 0.257 e. The van der Waals surface area contributed by atoms with Gasteiger partial charge in [0.05, 0.1) is 5.56 Å². The number of benzene rings is 1. The SMILES string of the molecule is C=CCN1CC[C@@H]2[C@@H]1CCN2C(=O)c1ccccc1F. The summed E-state index contributed by atoms with van der Waals surface area (Å²) in [4.78, 5) is 16.7. The van der Waals surface area contributed by atoms with E-state index in [9.17, 15) is 9.18 Å². The number of carbonyl (C=O) groups is 1. The predicted molar refractivity (Wildman–Crippen MR) is 76.0 cm³/mol. The van der Waals surface area contributed by atoms with Gasteiger partial charge in [0.2, 0.25) is 0 Å². The number of hydrogen-bond donors (Lipinski definition) is 0. The quantitative estimate of drug-likeness (QED) is 0.790. The van der Waals surface area contributed by atoms with Crippen LogP contribution in [0, 0.1) is 5.82 Å². The summed E-state index contributed by atoms with van der Waals surface area (Å²) >= 11 is 0. The van der Waals surface area contributed by atoms with E-state index in [1.54, 1.807) is 18.2 Å². The molecule has 0 spiro atoms. The van der Waals surface area contributed by atoms with E-state index in [4.69, 9.17) is 0 Å². The Morgan fingerprint density at radius 1 is 1.30 bits per heavy atom. The number of fused-ring (bicyclic) bond motifs is 1. The van der Waals surface area contributed by atoms with Crippen molar-refractivity contribution >= 4 is 5.91 Å². The molecule has 0 N–H and O–H groups in total. The Kier molecular flexibility index (Phi) is 3.57. The molecule has 0 unspecified atom stereocenters. The number of amides is 1. The summed E-state index contributed by atoms with van der Waals surface area (Å²) in [6.07, 6.45) is 3.85. The van der Waals surface area contributed by atoms with E-state index in [0.29, 0.717) is 6.04 Å². The van der Waals surface area contributed by atoms with Gasteiger partial charge in [-0.2, -0.15) is 0 Å². The van der Waals surface area contributed by atoms with Crippen molar-refractivity contribution in [2.24, 2.45) is 0 Å². The third-order valence-electron chi connectivity index (χ3n) is 4.42. The molecule has 0 radical (unpaired) electrons. The summed E-state index contributed by atoms with van der Waals surface area (Å²) < 4.78 is 13.8. The molecule has 0 saturated carbocycles. The summed E-state index contributed by atoms with van der Waals surface area (Å²) in [6, 6.07) is 6.87. The second-order valence-electron chi connectivity index (χ2n) is 5.47. The summed E-state index contributed by atoms with van der Waals surface area (Å²) in [7, 11) is 0. The number of carbonyl (C=O) groups excluding carboxylic acids is 1. The zero-order valence-electron chi connectivity index (χ0n) is 11.5. The van der Waals surface area contributed by atoms with Gasteiger partial charge in [-0.1, -0.05) is 18.2 Å². The summed E-state index contributed by atoms with van der Waals surface area (Å²) in [5, 5.41) is 0. The van der Waals surface area contributed by atoms with Crippen LogP contribution in [-0.2, 0) is 0 Å². The molecule has 0 bridgehead atoms. The van der Waals surface area contributed by atoms with Crippen molar-refractivity contribution in [1.29, 1.82) is 0 Å². The van der Waals surface area contributed by atoms with E-state index < -0.39 is 5.82 Å². The Morgan fingerprint density at radius 3 is 2.80 bits per heavy atom. The maximum Gasteiger partial charge on any atom is 0.257 e. The van der Waals surface area contributed by atoms with Crippen molar-refractivity contribution in [3.63, 3.8) is 0 Å². The van der Waals surface area contributed by atoms with Gasteiger partial charge in [0.15, 0.2) is 0 Å². The molecule has 2 aliphatic heterocycles. The predicted octanol–water partition coefficient (Wildman–Crippen LogP) is 2.30. The Labute approximate surface area is 118 Å². The van der Waals surface area contributed by atoms with E-state index in [1.807, 2.05) is 11.0 Å². The lowest BCUT2D eigenvalue weighted by atomic mass is 10.1. The van der Waals surface area contributed by atoms with Crippen LogP contribution in [0.3, 0.4) is 0 Å². The first-order chi connectivity index (χ1) is 9.72. The van der Waals surface area contributed by atoms with Gasteiger partial charge in [0.1, 0.15) is 5.82 Å². The lowest BCUT2D eigenvalue weighted by Gasteiger charge is -2.25. The molecular formula is C16H19FN2O. The van der Waals surface area contributed by atoms with Crippen molar-refractivity contribution < 1.29 is 9.18 Å². The molecule has 106 valence electrons. The van der Waals surface area contributed by atoms with E-state index in [2.05, 4.69) is 11.5 Å². The zero-order valence-corrected chi connectivity index (χ0v) is 11.5. The van der Waals surface area contributed by atoms with Crippen molar-refractivity contribution in [3.05, 3.63) is 48.3 Å². The van der Waals surface area contributed by atoms with E-state index in [-0.39, 0.29) is 17.5 Å². The molecular weight excluding hydrogens is 255 g/mol. The topological polar surface area (TPSA) is 23.6 Å². The minimum atomic E-state index is -0.429. The van der Waals surface area contributed by atoms with Gasteiger partial charge in [-0.3, -0.25) is 9.69 Å². The average molecular weight is 274 g/mol. The van der Waals surface area contributed by atoms with E-state index >= 15 is 0 Å². The van der Waals surface area contributed by atoms with Crippen LogP contribution in [0.2, 0.25) is 0 Å². The molecule has 3 rings (SSSR count). The second kappa shape index (κ2) is 5.37. The Balaban J connectivity index is 1.78. The summed E-state index contributed by atoms with van der Waals surface area (Å²) in [6.45, 7) is 6.35. The van der Waals surface area contributed by atoms with E-state index in [1.165, 1.54) is 6.07 Å². The molecule has 2 saturated heterocycles. The Hall–Kier alpha value is -1.68. The molecule has 2 atom stereocenters. The monoisotopic (exact) mass is 274 g/mol. The Morgan fingerprint density at radius 2 is 2.05 bits per heavy atom. The van der Waals surface area contributed by atoms with Gasteiger partial charge < -0.3 is 4.90 Å². The van der Waals surface area contributed by atoms with Crippen LogP contribution in [0.1, 0.15) is 23.2 Å². The highest BCUT2D eigenvalue weighted by Gasteiger charge is 2.44. The van der Waals surface area contributed by atoms with Crippen molar-refractivity contribution in [3.8, 4) is 0 Å². The van der Waals surface area contributed by atoms with Crippen molar-refractivity contribution in [1.82, 2.24) is 9.80 Å². The van der Waals surface area contributed by atoms with Crippen LogP contribution < -0.4 is 0 Å². The van der Waals surface area contributed by atoms with Crippen LogP contribution in [0.4, 0.5) is 4.39 Å². The van der Waals surface area contributed by atoms with Crippen molar-refractivity contribution in [2.75, 3.05) is 19.6 Å². The highest BCUT2D eigenvalue weighted by Crippen LogP contribution is 2.32. The maximum atomic E-state index is 13.8. The van der Waals surface area contributed by atoms with Gasteiger partial charge in [0.25, 0.3) is 5.91 Å². The maximum absolute atomic E-state index is 13.8. The standard InChI is InChI=1S/C16H19FN2O/c1-2-9-18-10-7-15-14(18)8-11-19(15)16(20)12-5-3-4-6-13(12)17/h2-6,14-15H,1,7-11H2/t14-,15+/m0/s1. The second-order valence-corrected chi connectivity index (χ2v) is 5.47. The summed E-state index contributed by atoms with van der Waals surface area (Å²) in [5.41, 5.74) is 0.190. The fourth-order valence-electron chi connectivity index (χ4n) is 3.51. The normalized spacial score (nSPS) is 25.8. The molecule has 1 aromatic carbocycles. The minimum Gasteiger partial charge on any atom is -0.334 e. The average Bonchev–Trinajstić information content (AvgIpc) is 3.02. The molecule has 0 aromatic heterocycles. The molecule has 2 heterocycles. The number of hydrogen-bond acceptors (Lipinski definition) is 2. The van der Waals surface area contributed by atoms with Gasteiger partial charge in [-0.15, -0.1) is 6.58 Å². The Bertz CT molecular complexity index is 531. The van der Waals surface area contributed by atoms with Gasteiger partial charge in [-0.05, 0) is 25.0 Å². The number of rotatable bonds is 3. The molecule has 4 heteroatoms. The molecule has 0 aliphatic carbocycles. The lowest BCUT2D eigenvalue weighted by molar-refractivity contribution is 0.0728. The van der Waals surface area contributed by atoms with Crippen LogP contribution in [0.15, 0.2) is 36.9 Å². The van der Waals surface area contributed by atoms with Crippen LogP contribution in [-0.4, -0.2) is 47.4 Å². The van der Waals surface area contributed by atoms with Gasteiger partial charge in [0, 0.05) is 31.7 Å². The number of likely N-dealkylation sites (tertiary alicyclic amines) is 2. The molecule has 2 fully saturated rings. The van der Waals surface area contributed by atoms with Crippen LogP contribution in [0.25, 0.3) is 0 Å². The molecule has 2 aliphatic rings. The van der Waals surface area contributed by atoms with Crippen LogP contribution in [0.5, 0.6) is 0 Å². The molecule has 1 amide bonds. The first-order valence-corrected chi connectivity index (χ1v) is 7.13. The molecule has 1 aromatic rings. The lowest BCUT2D eigenvalue weighted by Crippen LogP contribution is -2.40. The fourth-order valence-corrected chi connectivity index (χ4v) is 3.51. The first-order valence-electron chi connectivity index (χ1n) is 7.13. The summed E-state index contributed by atoms with van der Waals surface area (Å²) in [5.74, 6) is -0.599. The van der Waals surface area contributed by atoms with Gasteiger partial charge >= 0.3 is 0 Å². The highest BCUT2D eigenvalue weighted by atomic mass is 19.1. The largest absolute Gasteiger partial charge is 0.334 e. The third kappa shape index (κ3) is 2.14. The van der Waals surface area contributed by atoms with Crippen molar-refractivity contribution in [2.45, 2.75) is 24.9 Å². The first kappa shape index (κ1) is 13.3. The third-order valence-corrected chi connectivity index (χ3v) is 4.42. The number of nitrogens with zero attached hydrogens (tertiary/aromatic N) is 2. The highest BCUT2D eigenvalue weighted by molar-refractivity contribution is 5.95. The molecule has 20 heavy (non-hydrogen) atoms. The fraction of sp³-hybridized carbons (Fsp3) is 0.438. The zero-order chi connectivity index (χ0) is 14.1. The number of halogens is 1.